The van der Waals surface area contributed by atoms with Gasteiger partial charge in [-0.25, -0.2) is 4.98 Å². The van der Waals surface area contributed by atoms with E-state index >= 15 is 0 Å². The molecule has 0 N–H and O–H groups in total. The molecule has 21 heavy (non-hydrogen) atoms. The molecule has 7 heteroatoms. The maximum Gasteiger partial charge on any atom is 0.158 e. The molecule has 0 saturated carbocycles. The molecule has 112 valence electrons. The van der Waals surface area contributed by atoms with Gasteiger partial charge in [0, 0.05) is 30.8 Å². The van der Waals surface area contributed by atoms with Crippen LogP contribution >= 0.6 is 38.9 Å². The molecule has 3 heterocycles. The topological polar surface area (TPSA) is 35.6 Å². The lowest BCUT2D eigenvalue weighted by molar-refractivity contribution is 0.645. The molecule has 0 atom stereocenters. The highest BCUT2D eigenvalue weighted by atomic mass is 79.9. The van der Waals surface area contributed by atoms with Gasteiger partial charge < -0.3 is 4.57 Å². The average molecular weight is 388 g/mol. The van der Waals surface area contributed by atoms with Crippen molar-refractivity contribution in [2.24, 2.45) is 7.05 Å². The van der Waals surface area contributed by atoms with E-state index in [9.17, 15) is 0 Å². The number of fused-ring (bicyclic) bond motifs is 1. The molecule has 3 aromatic heterocycles. The third kappa shape index (κ3) is 2.89. The Morgan fingerprint density at radius 1 is 1.33 bits per heavy atom. The molecule has 0 radical (unpaired) electrons. The number of nitrogens with zero attached hydrogens (tertiary/aromatic N) is 4. The predicted octanol–water partition coefficient (Wildman–Crippen LogP) is 3.93. The number of thiophene rings is 1. The van der Waals surface area contributed by atoms with Gasteiger partial charge in [-0.1, -0.05) is 0 Å². The van der Waals surface area contributed by atoms with Gasteiger partial charge in [-0.05, 0) is 41.4 Å². The summed E-state index contributed by atoms with van der Waals surface area (Å²) in [5.74, 6) is 1.63. The average Bonchev–Trinajstić information content (AvgIpc) is 3.07. The van der Waals surface area contributed by atoms with Crippen molar-refractivity contribution in [1.82, 2.24) is 19.3 Å². The molecule has 0 aliphatic heterocycles. The van der Waals surface area contributed by atoms with Crippen LogP contribution in [-0.4, -0.2) is 25.2 Å². The number of imidazole rings is 1. The van der Waals surface area contributed by atoms with Crippen molar-refractivity contribution in [3.05, 3.63) is 32.3 Å². The molecule has 0 aliphatic carbocycles. The zero-order valence-electron chi connectivity index (χ0n) is 11.9. The number of aryl methyl sites for hydroxylation is 5. The van der Waals surface area contributed by atoms with Crippen molar-refractivity contribution in [2.45, 2.75) is 26.3 Å². The van der Waals surface area contributed by atoms with Crippen LogP contribution in [0.1, 0.15) is 16.4 Å². The summed E-state index contributed by atoms with van der Waals surface area (Å²) in [6, 6.07) is 4.26. The van der Waals surface area contributed by atoms with Gasteiger partial charge in [0.05, 0.1) is 9.48 Å². The van der Waals surface area contributed by atoms with Gasteiger partial charge in [0.2, 0.25) is 0 Å². The summed E-state index contributed by atoms with van der Waals surface area (Å²) in [6.07, 6.45) is 1.77. The Morgan fingerprint density at radius 3 is 2.81 bits per heavy atom. The molecule has 3 rings (SSSR count). The highest BCUT2D eigenvalue weighted by molar-refractivity contribution is 9.11. The summed E-state index contributed by atoms with van der Waals surface area (Å²) in [6.45, 7) is 2.90. The molecule has 0 amide bonds. The summed E-state index contributed by atoms with van der Waals surface area (Å²) in [7, 11) is 1.97. The molecular formula is C14H16BrClN4S. The van der Waals surface area contributed by atoms with Crippen LogP contribution in [0.4, 0.5) is 0 Å². The highest BCUT2D eigenvalue weighted by Crippen LogP contribution is 2.24. The molecule has 0 unspecified atom stereocenters. The largest absolute Gasteiger partial charge is 0.313 e. The van der Waals surface area contributed by atoms with Crippen molar-refractivity contribution < 1.29 is 0 Å². The van der Waals surface area contributed by atoms with Crippen LogP contribution < -0.4 is 0 Å². The van der Waals surface area contributed by atoms with Gasteiger partial charge in [0.1, 0.15) is 11.3 Å². The third-order valence-corrected chi connectivity index (χ3v) is 5.37. The van der Waals surface area contributed by atoms with E-state index in [1.165, 1.54) is 8.66 Å². The minimum atomic E-state index is 0.584. The normalized spacial score (nSPS) is 11.6. The Labute approximate surface area is 140 Å². The quantitative estimate of drug-likeness (QED) is 0.622. The van der Waals surface area contributed by atoms with Crippen LogP contribution in [0.15, 0.2) is 15.9 Å². The molecule has 0 spiro atoms. The van der Waals surface area contributed by atoms with Crippen LogP contribution in [0.3, 0.4) is 0 Å². The lowest BCUT2D eigenvalue weighted by Gasteiger charge is -2.08. The lowest BCUT2D eigenvalue weighted by Crippen LogP contribution is -2.09. The summed E-state index contributed by atoms with van der Waals surface area (Å²) in [4.78, 5) is 6.09. The summed E-state index contributed by atoms with van der Waals surface area (Å²) in [5.41, 5.74) is 3.05. The standard InChI is InChI=1S/C14H16BrClN4S/c1-9-13-14(19(2)18-9)20(12(17-13)5-7-16)8-6-10-3-4-11(15)21-10/h3-4H,5-8H2,1-2H3. The van der Waals surface area contributed by atoms with Crippen molar-refractivity contribution in [2.75, 3.05) is 5.88 Å². The maximum atomic E-state index is 5.92. The molecule has 0 aliphatic rings. The van der Waals surface area contributed by atoms with E-state index in [0.717, 1.165) is 42.1 Å². The van der Waals surface area contributed by atoms with Crippen molar-refractivity contribution >= 4 is 50.0 Å². The summed E-state index contributed by atoms with van der Waals surface area (Å²) < 4.78 is 5.34. The predicted molar refractivity (Wildman–Crippen MR) is 91.4 cm³/mol. The fourth-order valence-corrected chi connectivity index (χ4v) is 4.24. The zero-order chi connectivity index (χ0) is 15.0. The van der Waals surface area contributed by atoms with Crippen LogP contribution in [0.25, 0.3) is 11.2 Å². The van der Waals surface area contributed by atoms with E-state index in [-0.39, 0.29) is 0 Å². The second kappa shape index (κ2) is 6.10. The Balaban J connectivity index is 1.96. The number of halogens is 2. The first kappa shape index (κ1) is 15.1. The third-order valence-electron chi connectivity index (χ3n) is 3.50. The zero-order valence-corrected chi connectivity index (χ0v) is 15.1. The van der Waals surface area contributed by atoms with E-state index in [2.05, 4.69) is 37.7 Å². The van der Waals surface area contributed by atoms with E-state index in [4.69, 9.17) is 16.6 Å². The molecule has 0 bridgehead atoms. The van der Waals surface area contributed by atoms with E-state index in [0.29, 0.717) is 5.88 Å². The fourth-order valence-electron chi connectivity index (χ4n) is 2.60. The lowest BCUT2D eigenvalue weighted by atomic mass is 10.3. The Hall–Kier alpha value is -0.850. The van der Waals surface area contributed by atoms with Gasteiger partial charge in [0.25, 0.3) is 0 Å². The van der Waals surface area contributed by atoms with Gasteiger partial charge in [-0.2, -0.15) is 5.10 Å². The van der Waals surface area contributed by atoms with Crippen LogP contribution in [0, 0.1) is 6.92 Å². The minimum Gasteiger partial charge on any atom is -0.313 e. The van der Waals surface area contributed by atoms with Crippen molar-refractivity contribution in [1.29, 1.82) is 0 Å². The van der Waals surface area contributed by atoms with Crippen molar-refractivity contribution in [3.8, 4) is 0 Å². The molecule has 0 fully saturated rings. The van der Waals surface area contributed by atoms with Gasteiger partial charge >= 0.3 is 0 Å². The van der Waals surface area contributed by atoms with Crippen LogP contribution in [0.5, 0.6) is 0 Å². The fraction of sp³-hybridized carbons (Fsp3) is 0.429. The number of rotatable bonds is 5. The SMILES string of the molecule is Cc1nn(C)c2c1nc(CCCl)n2CCc1ccc(Br)s1. The summed E-state index contributed by atoms with van der Waals surface area (Å²) >= 11 is 11.2. The van der Waals surface area contributed by atoms with Crippen LogP contribution in [0.2, 0.25) is 0 Å². The Bertz CT molecular complexity index is 773. The molecule has 0 saturated heterocycles. The second-order valence-corrected chi connectivity index (χ2v) is 7.88. The number of hydrogen-bond donors (Lipinski definition) is 0. The van der Waals surface area contributed by atoms with E-state index in [1.807, 2.05) is 18.7 Å². The molecule has 4 nitrogen and oxygen atoms in total. The highest BCUT2D eigenvalue weighted by Gasteiger charge is 2.17. The first-order valence-electron chi connectivity index (χ1n) is 6.79. The molecular weight excluding hydrogens is 372 g/mol. The number of aromatic nitrogens is 4. The van der Waals surface area contributed by atoms with E-state index in [1.54, 1.807) is 11.3 Å². The van der Waals surface area contributed by atoms with Gasteiger partial charge in [-0.3, -0.25) is 4.68 Å². The van der Waals surface area contributed by atoms with Crippen molar-refractivity contribution in [3.63, 3.8) is 0 Å². The first-order valence-corrected chi connectivity index (χ1v) is 8.93. The minimum absolute atomic E-state index is 0.584. The van der Waals surface area contributed by atoms with Crippen LogP contribution in [-0.2, 0) is 26.4 Å². The Kier molecular flexibility index (Phi) is 4.38. The Morgan fingerprint density at radius 2 is 2.14 bits per heavy atom. The molecule has 0 aromatic carbocycles. The van der Waals surface area contributed by atoms with Gasteiger partial charge in [0.15, 0.2) is 5.65 Å². The first-order chi connectivity index (χ1) is 10.1. The number of hydrogen-bond acceptors (Lipinski definition) is 3. The number of alkyl halides is 1. The monoisotopic (exact) mass is 386 g/mol. The second-order valence-electron chi connectivity index (χ2n) is 4.96. The van der Waals surface area contributed by atoms with Gasteiger partial charge in [-0.15, -0.1) is 22.9 Å². The maximum absolute atomic E-state index is 5.92. The summed E-state index contributed by atoms with van der Waals surface area (Å²) in [5, 5.41) is 4.47. The van der Waals surface area contributed by atoms with E-state index < -0.39 is 0 Å². The molecule has 3 aromatic rings. The smallest absolute Gasteiger partial charge is 0.158 e.